The minimum Gasteiger partial charge on any atom is -0.333 e. The first-order valence-electron chi connectivity index (χ1n) is 8.10. The number of ether oxygens (including phenoxy) is 1. The Morgan fingerprint density at radius 1 is 1.33 bits per heavy atom. The molecule has 1 amide bonds. The van der Waals surface area contributed by atoms with Gasteiger partial charge in [0, 0.05) is 24.1 Å². The summed E-state index contributed by atoms with van der Waals surface area (Å²) < 4.78 is 30.3. The highest BCUT2D eigenvalue weighted by Gasteiger charge is 2.43. The fraction of sp³-hybridized carbons (Fsp3) is 0.353. The minimum absolute atomic E-state index is 0.228. The van der Waals surface area contributed by atoms with E-state index in [9.17, 15) is 22.8 Å². The number of carbonyl (C=O) groups is 2. The number of carbonyl (C=O) groups excluding carboxylic acids is 2. The molecule has 1 aliphatic rings. The molecule has 1 aliphatic heterocycles. The molecule has 1 N–H and O–H groups in total. The third kappa shape index (κ3) is 3.45. The topological polar surface area (TPSA) is 115 Å². The zero-order chi connectivity index (χ0) is 20.0. The Labute approximate surface area is 155 Å². The SMILES string of the molecule is CC(=O)N[C@@H]1CN(c2ccc3c(ccc(=O)n3S(C)(=O)=O)c2)C(C)(C=O)O1. The number of nitrogens with zero attached hydrogens (tertiary/aromatic N) is 2. The van der Waals surface area contributed by atoms with E-state index in [1.54, 1.807) is 24.0 Å². The van der Waals surface area contributed by atoms with Crippen molar-refractivity contribution >= 4 is 38.8 Å². The van der Waals surface area contributed by atoms with Crippen LogP contribution in [0.15, 0.2) is 35.1 Å². The highest BCUT2D eigenvalue weighted by atomic mass is 32.2. The van der Waals surface area contributed by atoms with E-state index in [1.807, 2.05) is 0 Å². The normalized spacial score (nSPS) is 22.8. The van der Waals surface area contributed by atoms with Crippen molar-refractivity contribution < 1.29 is 22.7 Å². The maximum Gasteiger partial charge on any atom is 0.264 e. The zero-order valence-corrected chi connectivity index (χ0v) is 15.8. The van der Waals surface area contributed by atoms with Gasteiger partial charge in [0.2, 0.25) is 15.9 Å². The lowest BCUT2D eigenvalue weighted by Crippen LogP contribution is -2.43. The highest BCUT2D eigenvalue weighted by Crippen LogP contribution is 2.32. The van der Waals surface area contributed by atoms with Crippen LogP contribution < -0.4 is 15.8 Å². The molecule has 1 aromatic carbocycles. The smallest absolute Gasteiger partial charge is 0.264 e. The number of aromatic nitrogens is 1. The monoisotopic (exact) mass is 393 g/mol. The van der Waals surface area contributed by atoms with E-state index in [4.69, 9.17) is 4.74 Å². The first-order chi connectivity index (χ1) is 12.5. The van der Waals surface area contributed by atoms with Crippen LogP contribution in [-0.4, -0.2) is 49.3 Å². The van der Waals surface area contributed by atoms with Crippen LogP contribution in [-0.2, 0) is 24.3 Å². The van der Waals surface area contributed by atoms with Crippen LogP contribution in [0.3, 0.4) is 0 Å². The number of aldehydes is 1. The molecule has 3 rings (SSSR count). The Hall–Kier alpha value is -2.72. The molecule has 144 valence electrons. The second-order valence-corrected chi connectivity index (χ2v) is 8.36. The molecule has 0 aliphatic carbocycles. The molecule has 0 bridgehead atoms. The van der Waals surface area contributed by atoms with Crippen LogP contribution in [0, 0.1) is 0 Å². The number of fused-ring (bicyclic) bond motifs is 1. The van der Waals surface area contributed by atoms with Crippen molar-refractivity contribution in [3.63, 3.8) is 0 Å². The molecule has 2 atom stereocenters. The Bertz CT molecular complexity index is 1090. The van der Waals surface area contributed by atoms with E-state index < -0.39 is 27.5 Å². The van der Waals surface area contributed by atoms with Gasteiger partial charge in [0.25, 0.3) is 5.56 Å². The molecule has 1 saturated heterocycles. The molecule has 0 spiro atoms. The van der Waals surface area contributed by atoms with Crippen LogP contribution >= 0.6 is 0 Å². The van der Waals surface area contributed by atoms with E-state index in [0.29, 0.717) is 17.4 Å². The molecular weight excluding hydrogens is 374 g/mol. The minimum atomic E-state index is -3.78. The first-order valence-corrected chi connectivity index (χ1v) is 9.95. The third-order valence-corrected chi connectivity index (χ3v) is 5.37. The number of benzene rings is 1. The molecule has 9 nitrogen and oxygen atoms in total. The summed E-state index contributed by atoms with van der Waals surface area (Å²) in [5, 5.41) is 3.13. The second-order valence-electron chi connectivity index (χ2n) is 6.53. The molecule has 27 heavy (non-hydrogen) atoms. The molecule has 1 unspecified atom stereocenters. The summed E-state index contributed by atoms with van der Waals surface area (Å²) in [6.45, 7) is 3.15. The number of amides is 1. The van der Waals surface area contributed by atoms with Crippen molar-refractivity contribution in [1.82, 2.24) is 9.29 Å². The van der Waals surface area contributed by atoms with Crippen LogP contribution in [0.1, 0.15) is 13.8 Å². The number of pyridine rings is 1. The second kappa shape index (κ2) is 6.46. The van der Waals surface area contributed by atoms with Crippen LogP contribution in [0.25, 0.3) is 10.9 Å². The predicted octanol–water partition coefficient (Wildman–Crippen LogP) is 0.0231. The molecule has 2 heterocycles. The Kier molecular flexibility index (Phi) is 4.56. The van der Waals surface area contributed by atoms with E-state index in [-0.39, 0.29) is 18.0 Å². The summed E-state index contributed by atoms with van der Waals surface area (Å²) in [5.41, 5.74) is -1.12. The maximum absolute atomic E-state index is 12.0. The summed E-state index contributed by atoms with van der Waals surface area (Å²) in [7, 11) is -3.78. The Balaban J connectivity index is 2.10. The first kappa shape index (κ1) is 19.1. The number of hydrogen-bond acceptors (Lipinski definition) is 7. The molecule has 1 aromatic heterocycles. The van der Waals surface area contributed by atoms with Gasteiger partial charge in [0.15, 0.2) is 18.2 Å². The summed E-state index contributed by atoms with van der Waals surface area (Å²) in [4.78, 5) is 36.6. The van der Waals surface area contributed by atoms with E-state index in [0.717, 1.165) is 10.2 Å². The lowest BCUT2D eigenvalue weighted by Gasteiger charge is -2.30. The van der Waals surface area contributed by atoms with Crippen LogP contribution in [0.2, 0.25) is 0 Å². The van der Waals surface area contributed by atoms with Gasteiger partial charge in [0.1, 0.15) is 0 Å². The fourth-order valence-electron chi connectivity index (χ4n) is 3.21. The molecule has 2 aromatic rings. The molecule has 1 fully saturated rings. The van der Waals surface area contributed by atoms with Crippen molar-refractivity contribution in [3.05, 3.63) is 40.7 Å². The van der Waals surface area contributed by atoms with Gasteiger partial charge < -0.3 is 15.0 Å². The largest absolute Gasteiger partial charge is 0.333 e. The van der Waals surface area contributed by atoms with Gasteiger partial charge >= 0.3 is 0 Å². The zero-order valence-electron chi connectivity index (χ0n) is 15.0. The van der Waals surface area contributed by atoms with Crippen molar-refractivity contribution in [2.24, 2.45) is 0 Å². The number of hydrogen-bond donors (Lipinski definition) is 1. The van der Waals surface area contributed by atoms with Gasteiger partial charge in [-0.2, -0.15) is 0 Å². The average molecular weight is 393 g/mol. The standard InChI is InChI=1S/C17H19N3O6S/c1-11(22)18-15-9-19(17(2,10-21)26-15)13-5-6-14-12(8-13)4-7-16(23)20(14)27(3,24)25/h4-8,10,15H,9H2,1-3H3,(H,18,22)/t15-,17?/m0/s1. The average Bonchev–Trinajstić information content (AvgIpc) is 2.89. The lowest BCUT2D eigenvalue weighted by atomic mass is 10.1. The van der Waals surface area contributed by atoms with Crippen molar-refractivity contribution in [2.45, 2.75) is 25.8 Å². The van der Waals surface area contributed by atoms with Gasteiger partial charge in [-0.05, 0) is 31.2 Å². The summed E-state index contributed by atoms with van der Waals surface area (Å²) in [5.74, 6) is -0.286. The predicted molar refractivity (Wildman–Crippen MR) is 99.0 cm³/mol. The van der Waals surface area contributed by atoms with E-state index >= 15 is 0 Å². The molecule has 10 heteroatoms. The maximum atomic E-state index is 12.0. The van der Waals surface area contributed by atoms with Gasteiger partial charge in [0.05, 0.1) is 18.3 Å². The van der Waals surface area contributed by atoms with Crippen molar-refractivity contribution in [2.75, 3.05) is 17.7 Å². The van der Waals surface area contributed by atoms with Gasteiger partial charge in [-0.1, -0.05) is 0 Å². The van der Waals surface area contributed by atoms with E-state index in [2.05, 4.69) is 5.32 Å². The summed E-state index contributed by atoms with van der Waals surface area (Å²) in [6.07, 6.45) is 0.923. The van der Waals surface area contributed by atoms with Gasteiger partial charge in [-0.15, -0.1) is 0 Å². The molecular formula is C17H19N3O6S. The summed E-state index contributed by atoms with van der Waals surface area (Å²) in [6, 6.07) is 7.46. The quantitative estimate of drug-likeness (QED) is 0.729. The van der Waals surface area contributed by atoms with Gasteiger partial charge in [-0.3, -0.25) is 14.4 Å². The van der Waals surface area contributed by atoms with Crippen LogP contribution in [0.4, 0.5) is 5.69 Å². The number of rotatable bonds is 4. The third-order valence-electron chi connectivity index (χ3n) is 4.33. The van der Waals surface area contributed by atoms with Crippen molar-refractivity contribution in [3.8, 4) is 0 Å². The molecule has 0 saturated carbocycles. The Morgan fingerprint density at radius 2 is 2.04 bits per heavy atom. The Morgan fingerprint density at radius 3 is 2.63 bits per heavy atom. The molecule has 0 radical (unpaired) electrons. The van der Waals surface area contributed by atoms with Gasteiger partial charge in [-0.25, -0.2) is 12.4 Å². The lowest BCUT2D eigenvalue weighted by molar-refractivity contribution is -0.133. The summed E-state index contributed by atoms with van der Waals surface area (Å²) >= 11 is 0. The van der Waals surface area contributed by atoms with Crippen LogP contribution in [0.5, 0.6) is 0 Å². The number of nitrogens with one attached hydrogen (secondary N) is 1. The van der Waals surface area contributed by atoms with Crippen molar-refractivity contribution in [1.29, 1.82) is 0 Å². The highest BCUT2D eigenvalue weighted by molar-refractivity contribution is 7.89. The number of anilines is 1. The van der Waals surface area contributed by atoms with E-state index in [1.165, 1.54) is 25.1 Å². The fourth-order valence-corrected chi connectivity index (χ4v) is 4.12.